The molecule has 0 unspecified atom stereocenters. The lowest BCUT2D eigenvalue weighted by Gasteiger charge is -2.44. The molecule has 0 saturated carbocycles. The number of piperidine rings is 1. The van der Waals surface area contributed by atoms with Gasteiger partial charge in [0.05, 0.1) is 17.5 Å². The van der Waals surface area contributed by atoms with Crippen molar-refractivity contribution in [3.05, 3.63) is 65.9 Å². The van der Waals surface area contributed by atoms with Crippen LogP contribution in [0.3, 0.4) is 0 Å². The average molecular weight is 443 g/mol. The van der Waals surface area contributed by atoms with Crippen LogP contribution in [0.15, 0.2) is 54.7 Å². The summed E-state index contributed by atoms with van der Waals surface area (Å²) in [5.74, 6) is -0.239. The van der Waals surface area contributed by atoms with Crippen LogP contribution in [0, 0.1) is 0 Å². The van der Waals surface area contributed by atoms with Gasteiger partial charge in [-0.15, -0.1) is 13.2 Å². The SMILES string of the molecule is Cn1ncc2c1-c1ccccc1OC21CCN(C(=O)c2ccccc2OC(F)(F)F)CC1. The first-order chi connectivity index (χ1) is 15.3. The van der Waals surface area contributed by atoms with Crippen LogP contribution in [0.5, 0.6) is 11.5 Å². The second kappa shape index (κ2) is 7.29. The molecule has 2 aromatic carbocycles. The van der Waals surface area contributed by atoms with Crippen LogP contribution in [0.1, 0.15) is 28.8 Å². The Morgan fingerprint density at radius 2 is 1.78 bits per heavy atom. The summed E-state index contributed by atoms with van der Waals surface area (Å²) in [6.45, 7) is 0.658. The van der Waals surface area contributed by atoms with E-state index in [-0.39, 0.29) is 5.56 Å². The molecule has 0 aliphatic carbocycles. The van der Waals surface area contributed by atoms with E-state index in [2.05, 4.69) is 9.84 Å². The van der Waals surface area contributed by atoms with Crippen LogP contribution in [-0.2, 0) is 12.6 Å². The van der Waals surface area contributed by atoms with Crippen LogP contribution in [0.4, 0.5) is 13.2 Å². The summed E-state index contributed by atoms with van der Waals surface area (Å²) in [5.41, 5.74) is 2.15. The largest absolute Gasteiger partial charge is 0.573 e. The second-order valence-corrected chi connectivity index (χ2v) is 7.96. The van der Waals surface area contributed by atoms with Gasteiger partial charge in [0.15, 0.2) is 0 Å². The topological polar surface area (TPSA) is 56.6 Å². The van der Waals surface area contributed by atoms with E-state index in [0.29, 0.717) is 25.9 Å². The van der Waals surface area contributed by atoms with Crippen molar-refractivity contribution < 1.29 is 27.4 Å². The molecule has 2 aliphatic rings. The number of rotatable bonds is 2. The van der Waals surface area contributed by atoms with E-state index in [1.165, 1.54) is 18.2 Å². The number of ether oxygens (including phenoxy) is 2. The lowest BCUT2D eigenvalue weighted by atomic mass is 9.81. The Morgan fingerprint density at radius 1 is 1.09 bits per heavy atom. The lowest BCUT2D eigenvalue weighted by Crippen LogP contribution is -2.49. The van der Waals surface area contributed by atoms with Gasteiger partial charge in [0.25, 0.3) is 5.91 Å². The van der Waals surface area contributed by atoms with Gasteiger partial charge in [-0.3, -0.25) is 9.48 Å². The van der Waals surface area contributed by atoms with Gasteiger partial charge in [-0.1, -0.05) is 24.3 Å². The molecular weight excluding hydrogens is 423 g/mol. The van der Waals surface area contributed by atoms with Gasteiger partial charge in [-0.25, -0.2) is 0 Å². The fourth-order valence-corrected chi connectivity index (χ4v) is 4.58. The summed E-state index contributed by atoms with van der Waals surface area (Å²) < 4.78 is 50.6. The van der Waals surface area contributed by atoms with Gasteiger partial charge in [0.1, 0.15) is 17.1 Å². The number of para-hydroxylation sites is 2. The van der Waals surface area contributed by atoms with Crippen molar-refractivity contribution in [1.82, 2.24) is 14.7 Å². The summed E-state index contributed by atoms with van der Waals surface area (Å²) in [6, 6.07) is 13.2. The number of hydrogen-bond donors (Lipinski definition) is 0. The van der Waals surface area contributed by atoms with Gasteiger partial charge >= 0.3 is 6.36 Å². The standard InChI is InChI=1S/C23H20F3N3O3/c1-28-20-15-6-2-4-8-18(15)31-22(17(20)14-27-28)10-12-29(13-11-22)21(30)16-7-3-5-9-19(16)32-23(24,25)26/h2-9,14H,10-13H2,1H3. The van der Waals surface area contributed by atoms with Crippen LogP contribution in [0.25, 0.3) is 11.3 Å². The number of halogens is 3. The minimum atomic E-state index is -4.87. The van der Waals surface area contributed by atoms with Crippen LogP contribution >= 0.6 is 0 Å². The molecule has 0 radical (unpaired) electrons. The monoisotopic (exact) mass is 443 g/mol. The maximum Gasteiger partial charge on any atom is 0.573 e. The third kappa shape index (κ3) is 3.37. The Hall–Kier alpha value is -3.49. The van der Waals surface area contributed by atoms with E-state index in [1.54, 1.807) is 11.1 Å². The fourth-order valence-electron chi connectivity index (χ4n) is 4.58. The maximum absolute atomic E-state index is 13.0. The molecular formula is C23H20F3N3O3. The molecule has 1 saturated heterocycles. The highest BCUT2D eigenvalue weighted by Crippen LogP contribution is 2.49. The predicted octanol–water partition coefficient (Wildman–Crippen LogP) is 4.51. The first-order valence-electron chi connectivity index (χ1n) is 10.2. The molecule has 0 N–H and O–H groups in total. The Morgan fingerprint density at radius 3 is 2.53 bits per heavy atom. The number of fused-ring (bicyclic) bond motifs is 4. The summed E-state index contributed by atoms with van der Waals surface area (Å²) in [5, 5.41) is 4.43. The van der Waals surface area contributed by atoms with Gasteiger partial charge < -0.3 is 14.4 Å². The van der Waals surface area contributed by atoms with E-state index < -0.39 is 23.6 Å². The van der Waals surface area contributed by atoms with E-state index in [1.807, 2.05) is 36.0 Å². The molecule has 3 heterocycles. The number of aryl methyl sites for hydroxylation is 1. The molecule has 1 spiro atoms. The Bertz CT molecular complexity index is 1180. The van der Waals surface area contributed by atoms with Crippen molar-refractivity contribution in [2.75, 3.05) is 13.1 Å². The molecule has 2 aliphatic heterocycles. The third-order valence-corrected chi connectivity index (χ3v) is 6.08. The van der Waals surface area contributed by atoms with Gasteiger partial charge in [0.2, 0.25) is 0 Å². The number of benzene rings is 2. The highest BCUT2D eigenvalue weighted by molar-refractivity contribution is 5.97. The van der Waals surface area contributed by atoms with Crippen molar-refractivity contribution in [2.45, 2.75) is 24.8 Å². The zero-order chi connectivity index (χ0) is 22.5. The molecule has 0 bridgehead atoms. The lowest BCUT2D eigenvalue weighted by molar-refractivity contribution is -0.274. The first kappa shape index (κ1) is 20.4. The van der Waals surface area contributed by atoms with Gasteiger partial charge in [-0.2, -0.15) is 5.10 Å². The van der Waals surface area contributed by atoms with Gasteiger partial charge in [-0.05, 0) is 24.3 Å². The predicted molar refractivity (Wildman–Crippen MR) is 109 cm³/mol. The van der Waals surface area contributed by atoms with Crippen molar-refractivity contribution in [3.8, 4) is 22.8 Å². The quantitative estimate of drug-likeness (QED) is 0.585. The van der Waals surface area contributed by atoms with Crippen molar-refractivity contribution >= 4 is 5.91 Å². The highest BCUT2D eigenvalue weighted by Gasteiger charge is 2.46. The van der Waals surface area contributed by atoms with E-state index >= 15 is 0 Å². The van der Waals surface area contributed by atoms with Crippen LogP contribution in [0.2, 0.25) is 0 Å². The molecule has 166 valence electrons. The molecule has 9 heteroatoms. The minimum absolute atomic E-state index is 0.113. The van der Waals surface area contributed by atoms with Crippen molar-refractivity contribution in [2.24, 2.45) is 7.05 Å². The second-order valence-electron chi connectivity index (χ2n) is 7.96. The smallest absolute Gasteiger partial charge is 0.482 e. The number of alkyl halides is 3. The average Bonchev–Trinajstić information content (AvgIpc) is 3.16. The number of hydrogen-bond acceptors (Lipinski definition) is 4. The Labute approximate surface area is 182 Å². The van der Waals surface area contributed by atoms with Crippen LogP contribution in [-0.4, -0.2) is 40.0 Å². The zero-order valence-corrected chi connectivity index (χ0v) is 17.2. The third-order valence-electron chi connectivity index (χ3n) is 6.08. The first-order valence-corrected chi connectivity index (χ1v) is 10.2. The highest BCUT2D eigenvalue weighted by atomic mass is 19.4. The number of carbonyl (C=O) groups is 1. The molecule has 32 heavy (non-hydrogen) atoms. The summed E-state index contributed by atoms with van der Waals surface area (Å²) in [6.07, 6.45) is -2.08. The number of carbonyl (C=O) groups excluding carboxylic acids is 1. The molecule has 1 aromatic heterocycles. The fraction of sp³-hybridized carbons (Fsp3) is 0.304. The number of nitrogens with zero attached hydrogens (tertiary/aromatic N) is 3. The Kier molecular flexibility index (Phi) is 4.65. The number of aromatic nitrogens is 2. The Balaban J connectivity index is 1.40. The normalized spacial score (nSPS) is 16.8. The molecule has 3 aromatic rings. The number of amides is 1. The molecule has 6 nitrogen and oxygen atoms in total. The molecule has 1 amide bonds. The summed E-state index contributed by atoms with van der Waals surface area (Å²) >= 11 is 0. The van der Waals surface area contributed by atoms with Crippen molar-refractivity contribution in [3.63, 3.8) is 0 Å². The van der Waals surface area contributed by atoms with Gasteiger partial charge in [0, 0.05) is 44.1 Å². The van der Waals surface area contributed by atoms with E-state index in [9.17, 15) is 18.0 Å². The van der Waals surface area contributed by atoms with Crippen LogP contribution < -0.4 is 9.47 Å². The minimum Gasteiger partial charge on any atom is -0.482 e. The zero-order valence-electron chi connectivity index (χ0n) is 17.2. The van der Waals surface area contributed by atoms with E-state index in [0.717, 1.165) is 28.6 Å². The number of likely N-dealkylation sites (tertiary alicyclic amines) is 1. The molecule has 0 atom stereocenters. The van der Waals surface area contributed by atoms with Crippen molar-refractivity contribution in [1.29, 1.82) is 0 Å². The summed E-state index contributed by atoms with van der Waals surface area (Å²) in [4.78, 5) is 14.6. The summed E-state index contributed by atoms with van der Waals surface area (Å²) in [7, 11) is 1.88. The molecule has 1 fully saturated rings. The maximum atomic E-state index is 13.0. The van der Waals surface area contributed by atoms with E-state index in [4.69, 9.17) is 4.74 Å². The molecule has 5 rings (SSSR count).